The molecule has 1 fully saturated rings. The largest absolute Gasteiger partial charge is 0.381 e. The molecule has 1 aromatic heterocycles. The van der Waals surface area contributed by atoms with E-state index in [9.17, 15) is 0 Å². The van der Waals surface area contributed by atoms with Crippen LogP contribution in [0.3, 0.4) is 0 Å². The van der Waals surface area contributed by atoms with Crippen molar-refractivity contribution >= 4 is 11.8 Å². The highest BCUT2D eigenvalue weighted by Gasteiger charge is 2.29. The SMILES string of the molecule is COC1CC(CSc2ncc(-c3ccccc3)n2-c2ccc(C(C)C)cc2)C1. The Labute approximate surface area is 172 Å². The standard InChI is InChI=1S/C24H28N2OS/c1-17(2)19-9-11-21(12-10-19)26-23(20-7-5-4-6-8-20)15-25-24(26)28-16-18-13-22(14-18)27-3/h4-12,15,17-18,22H,13-14,16H2,1-3H3. The number of ether oxygens (including phenoxy) is 1. The maximum absolute atomic E-state index is 5.42. The predicted molar refractivity (Wildman–Crippen MR) is 117 cm³/mol. The van der Waals surface area contributed by atoms with Crippen molar-refractivity contribution in [3.05, 3.63) is 66.4 Å². The van der Waals surface area contributed by atoms with Crippen LogP contribution in [-0.2, 0) is 4.74 Å². The van der Waals surface area contributed by atoms with Gasteiger partial charge in [-0.1, -0.05) is 68.1 Å². The highest BCUT2D eigenvalue weighted by Crippen LogP contribution is 2.36. The van der Waals surface area contributed by atoms with Crippen molar-refractivity contribution in [2.75, 3.05) is 12.9 Å². The minimum Gasteiger partial charge on any atom is -0.381 e. The number of thioether (sulfide) groups is 1. The first-order chi connectivity index (χ1) is 13.7. The molecule has 1 aliphatic rings. The van der Waals surface area contributed by atoms with E-state index in [0.29, 0.717) is 12.0 Å². The van der Waals surface area contributed by atoms with Gasteiger partial charge in [-0.3, -0.25) is 4.57 Å². The van der Waals surface area contributed by atoms with Gasteiger partial charge in [0.15, 0.2) is 5.16 Å². The molecular weight excluding hydrogens is 364 g/mol. The van der Waals surface area contributed by atoms with Crippen molar-refractivity contribution in [2.24, 2.45) is 5.92 Å². The van der Waals surface area contributed by atoms with Crippen LogP contribution in [-0.4, -0.2) is 28.5 Å². The first kappa shape index (κ1) is 19.3. The Morgan fingerprint density at radius 1 is 1.07 bits per heavy atom. The van der Waals surface area contributed by atoms with Crippen LogP contribution in [0.5, 0.6) is 0 Å². The minimum atomic E-state index is 0.453. The van der Waals surface area contributed by atoms with Crippen LogP contribution >= 0.6 is 11.8 Å². The van der Waals surface area contributed by atoms with Gasteiger partial charge in [0.05, 0.1) is 18.0 Å². The highest BCUT2D eigenvalue weighted by molar-refractivity contribution is 7.99. The molecule has 146 valence electrons. The molecule has 0 atom stereocenters. The lowest BCUT2D eigenvalue weighted by molar-refractivity contribution is 0.00904. The van der Waals surface area contributed by atoms with Gasteiger partial charge >= 0.3 is 0 Å². The van der Waals surface area contributed by atoms with E-state index in [1.165, 1.54) is 29.7 Å². The van der Waals surface area contributed by atoms with Gasteiger partial charge in [0, 0.05) is 24.1 Å². The van der Waals surface area contributed by atoms with Crippen LogP contribution in [0.2, 0.25) is 0 Å². The fourth-order valence-electron chi connectivity index (χ4n) is 3.70. The zero-order valence-electron chi connectivity index (χ0n) is 16.8. The Hall–Kier alpha value is -2.04. The Morgan fingerprint density at radius 2 is 1.79 bits per heavy atom. The van der Waals surface area contributed by atoms with E-state index >= 15 is 0 Å². The molecule has 0 unspecified atom stereocenters. The van der Waals surface area contributed by atoms with Crippen LogP contribution in [0.25, 0.3) is 16.9 Å². The Bertz CT molecular complexity index is 896. The number of rotatable bonds is 7. The van der Waals surface area contributed by atoms with Gasteiger partial charge < -0.3 is 4.74 Å². The molecule has 1 aliphatic carbocycles. The van der Waals surface area contributed by atoms with E-state index in [1.54, 1.807) is 0 Å². The molecule has 1 saturated carbocycles. The summed E-state index contributed by atoms with van der Waals surface area (Å²) in [6, 6.07) is 19.4. The average molecular weight is 393 g/mol. The van der Waals surface area contributed by atoms with Crippen molar-refractivity contribution < 1.29 is 4.74 Å². The van der Waals surface area contributed by atoms with Gasteiger partial charge in [0.25, 0.3) is 0 Å². The molecule has 0 spiro atoms. The van der Waals surface area contributed by atoms with E-state index in [1.807, 2.05) is 25.1 Å². The maximum atomic E-state index is 5.42. The molecule has 3 nitrogen and oxygen atoms in total. The lowest BCUT2D eigenvalue weighted by atomic mass is 9.84. The summed E-state index contributed by atoms with van der Waals surface area (Å²) in [7, 11) is 1.81. The first-order valence-electron chi connectivity index (χ1n) is 10.0. The average Bonchev–Trinajstić information content (AvgIpc) is 3.11. The third kappa shape index (κ3) is 4.03. The predicted octanol–water partition coefficient (Wildman–Crippen LogP) is 6.18. The molecule has 0 amide bonds. The number of hydrogen-bond acceptors (Lipinski definition) is 3. The number of hydrogen-bond donors (Lipinski definition) is 0. The zero-order chi connectivity index (χ0) is 19.5. The number of nitrogens with zero attached hydrogens (tertiary/aromatic N) is 2. The molecule has 3 aromatic rings. The summed E-state index contributed by atoms with van der Waals surface area (Å²) in [6.45, 7) is 4.46. The molecule has 4 heteroatoms. The quantitative estimate of drug-likeness (QED) is 0.449. The van der Waals surface area contributed by atoms with Crippen molar-refractivity contribution in [1.29, 1.82) is 0 Å². The topological polar surface area (TPSA) is 27.1 Å². The Balaban J connectivity index is 1.63. The first-order valence-corrected chi connectivity index (χ1v) is 11.0. The molecule has 1 heterocycles. The molecule has 4 rings (SSSR count). The summed E-state index contributed by atoms with van der Waals surface area (Å²) < 4.78 is 7.73. The fourth-order valence-corrected chi connectivity index (χ4v) is 4.82. The highest BCUT2D eigenvalue weighted by atomic mass is 32.2. The van der Waals surface area contributed by atoms with Gasteiger partial charge in [-0.05, 0) is 42.4 Å². The summed E-state index contributed by atoms with van der Waals surface area (Å²) >= 11 is 1.86. The van der Waals surface area contributed by atoms with E-state index in [2.05, 4.69) is 73.0 Å². The lowest BCUT2D eigenvalue weighted by Crippen LogP contribution is -2.31. The Morgan fingerprint density at radius 3 is 2.43 bits per heavy atom. The summed E-state index contributed by atoms with van der Waals surface area (Å²) in [5.41, 5.74) is 4.87. The number of benzene rings is 2. The molecule has 0 aliphatic heterocycles. The molecule has 2 aromatic carbocycles. The normalized spacial score (nSPS) is 19.0. The second-order valence-corrected chi connectivity index (χ2v) is 8.87. The van der Waals surface area contributed by atoms with E-state index < -0.39 is 0 Å². The fraction of sp³-hybridized carbons (Fsp3) is 0.375. The smallest absolute Gasteiger partial charge is 0.173 e. The second-order valence-electron chi connectivity index (χ2n) is 7.88. The Kier molecular flexibility index (Phi) is 5.88. The van der Waals surface area contributed by atoms with Gasteiger partial charge in [-0.2, -0.15) is 0 Å². The zero-order valence-corrected chi connectivity index (χ0v) is 17.7. The van der Waals surface area contributed by atoms with E-state index in [-0.39, 0.29) is 0 Å². The number of aromatic nitrogens is 2. The number of imidazole rings is 1. The van der Waals surface area contributed by atoms with Crippen molar-refractivity contribution in [1.82, 2.24) is 9.55 Å². The van der Waals surface area contributed by atoms with Gasteiger partial charge in [-0.15, -0.1) is 0 Å². The van der Waals surface area contributed by atoms with Gasteiger partial charge in [-0.25, -0.2) is 4.98 Å². The lowest BCUT2D eigenvalue weighted by Gasteiger charge is -2.33. The molecule has 0 N–H and O–H groups in total. The maximum Gasteiger partial charge on any atom is 0.173 e. The van der Waals surface area contributed by atoms with Crippen molar-refractivity contribution in [3.63, 3.8) is 0 Å². The van der Waals surface area contributed by atoms with Gasteiger partial charge in [0.1, 0.15) is 0 Å². The third-order valence-corrected chi connectivity index (χ3v) is 6.78. The molecule has 0 bridgehead atoms. The van der Waals surface area contributed by atoms with Crippen LogP contribution in [0.4, 0.5) is 0 Å². The third-order valence-electron chi connectivity index (χ3n) is 5.59. The van der Waals surface area contributed by atoms with Crippen molar-refractivity contribution in [2.45, 2.75) is 43.9 Å². The molecular formula is C24H28N2OS. The van der Waals surface area contributed by atoms with E-state index in [0.717, 1.165) is 22.5 Å². The molecule has 28 heavy (non-hydrogen) atoms. The van der Waals surface area contributed by atoms with Gasteiger partial charge in [0.2, 0.25) is 0 Å². The van der Waals surface area contributed by atoms with Crippen LogP contribution < -0.4 is 0 Å². The number of methoxy groups -OCH3 is 1. The van der Waals surface area contributed by atoms with Crippen LogP contribution in [0.1, 0.15) is 38.2 Å². The molecule has 0 saturated heterocycles. The summed E-state index contributed by atoms with van der Waals surface area (Å²) in [5.74, 6) is 2.35. The summed E-state index contributed by atoms with van der Waals surface area (Å²) in [4.78, 5) is 4.79. The summed E-state index contributed by atoms with van der Waals surface area (Å²) in [6.07, 6.45) is 4.79. The van der Waals surface area contributed by atoms with E-state index in [4.69, 9.17) is 9.72 Å². The van der Waals surface area contributed by atoms with Crippen LogP contribution in [0, 0.1) is 5.92 Å². The molecule has 0 radical (unpaired) electrons. The monoisotopic (exact) mass is 392 g/mol. The summed E-state index contributed by atoms with van der Waals surface area (Å²) in [5, 5.41) is 1.07. The van der Waals surface area contributed by atoms with Crippen LogP contribution in [0.15, 0.2) is 66.0 Å². The minimum absolute atomic E-state index is 0.453. The van der Waals surface area contributed by atoms with Crippen molar-refractivity contribution in [3.8, 4) is 16.9 Å². The second kappa shape index (κ2) is 8.54.